The zero-order valence-corrected chi connectivity index (χ0v) is 17.0. The van der Waals surface area contributed by atoms with Crippen LogP contribution in [0.5, 0.6) is 0 Å². The van der Waals surface area contributed by atoms with Crippen LogP contribution in [-0.2, 0) is 33.4 Å². The van der Waals surface area contributed by atoms with Crippen LogP contribution < -0.4 is 10.6 Å². The van der Waals surface area contributed by atoms with E-state index in [0.29, 0.717) is 5.56 Å². The van der Waals surface area contributed by atoms with Crippen LogP contribution in [-0.4, -0.2) is 34.6 Å². The normalized spacial score (nSPS) is 24.1. The summed E-state index contributed by atoms with van der Waals surface area (Å²) >= 11 is 5.69. The van der Waals surface area contributed by atoms with Crippen molar-refractivity contribution in [1.82, 2.24) is 15.5 Å². The Morgan fingerprint density at radius 2 is 1.97 bits per heavy atom. The number of halogens is 3. The Morgan fingerprint density at radius 1 is 1.25 bits per heavy atom. The number of piperidine rings is 1. The van der Waals surface area contributed by atoms with Gasteiger partial charge in [0, 0.05) is 39.7 Å². The lowest BCUT2D eigenvalue weighted by molar-refractivity contribution is -0.147. The number of hydrogen-bond acceptors (Lipinski definition) is 4. The number of alkyl halides is 2. The number of carbonyl (C=O) groups excluding carboxylic acids is 4. The van der Waals surface area contributed by atoms with E-state index in [4.69, 9.17) is 17.1 Å². The maximum absolute atomic E-state index is 14.6. The molecule has 2 unspecified atom stereocenters. The number of nitrogens with one attached hydrogen (secondary N) is 2. The second-order valence-corrected chi connectivity index (χ2v) is 7.64. The molecule has 1 fully saturated rings. The molecule has 7 nitrogen and oxygen atoms in total. The Labute approximate surface area is 192 Å². The van der Waals surface area contributed by atoms with Crippen LogP contribution in [0.15, 0.2) is 42.5 Å². The van der Waals surface area contributed by atoms with Gasteiger partial charge in [-0.1, -0.05) is 35.9 Å². The van der Waals surface area contributed by atoms with Gasteiger partial charge in [0.2, 0.25) is 11.8 Å². The van der Waals surface area contributed by atoms with E-state index in [0.717, 1.165) is 17.0 Å². The third-order valence-electron chi connectivity index (χ3n) is 5.10. The SMILES string of the molecule is [2H]C1C(N2Cc3cc(CN([2H])C(=O)C(F)(F)c4ccc(Cl)cc4)ccc3C2=O)C(=O)NC(=O)C1([2H])[2H]. The molecule has 4 amide bonds. The Kier molecular flexibility index (Phi) is 4.48. The molecule has 2 heterocycles. The first-order chi connectivity index (χ1) is 16.7. The molecular weight excluding hydrogens is 444 g/mol. The second kappa shape index (κ2) is 8.31. The van der Waals surface area contributed by atoms with E-state index in [9.17, 15) is 28.0 Å². The lowest BCUT2D eigenvalue weighted by Gasteiger charge is -2.29. The van der Waals surface area contributed by atoms with Gasteiger partial charge in [-0.05, 0) is 35.7 Å². The summed E-state index contributed by atoms with van der Waals surface area (Å²) in [5.41, 5.74) is 0.0870. The molecule has 2 aromatic rings. The Hall–Kier alpha value is -3.33. The van der Waals surface area contributed by atoms with Crippen molar-refractivity contribution in [2.24, 2.45) is 0 Å². The van der Waals surface area contributed by atoms with Crippen molar-refractivity contribution in [2.45, 2.75) is 37.8 Å². The molecule has 10 heteroatoms. The quantitative estimate of drug-likeness (QED) is 0.663. The van der Waals surface area contributed by atoms with E-state index in [1.165, 1.54) is 30.3 Å². The van der Waals surface area contributed by atoms with Crippen molar-refractivity contribution >= 4 is 35.2 Å². The summed E-state index contributed by atoms with van der Waals surface area (Å²) in [5.74, 6) is -8.67. The van der Waals surface area contributed by atoms with E-state index < -0.39 is 60.5 Å². The average molecular weight is 466 g/mol. The molecule has 4 rings (SSSR count). The van der Waals surface area contributed by atoms with Gasteiger partial charge in [-0.25, -0.2) is 0 Å². The number of imide groups is 1. The molecule has 0 spiro atoms. The van der Waals surface area contributed by atoms with Gasteiger partial charge in [0.1, 0.15) is 6.04 Å². The molecule has 1 saturated heterocycles. The minimum absolute atomic E-state index is 0.0967. The fourth-order valence-corrected chi connectivity index (χ4v) is 3.57. The molecule has 2 atom stereocenters. The second-order valence-electron chi connectivity index (χ2n) is 7.20. The molecule has 0 aromatic heterocycles. The van der Waals surface area contributed by atoms with Crippen LogP contribution >= 0.6 is 11.6 Å². The number of rotatable bonds is 5. The van der Waals surface area contributed by atoms with E-state index in [-0.39, 0.29) is 28.0 Å². The molecule has 2 N–H and O–H groups in total. The highest BCUT2D eigenvalue weighted by atomic mass is 35.5. The minimum Gasteiger partial charge on any atom is -0.346 e. The number of hydrogen-bond donors (Lipinski definition) is 2. The van der Waals surface area contributed by atoms with Crippen molar-refractivity contribution in [1.29, 1.82) is 0 Å². The molecular formula is C22H18ClF2N3O4. The maximum Gasteiger partial charge on any atom is 0.349 e. The number of fused-ring (bicyclic) bond motifs is 1. The van der Waals surface area contributed by atoms with Gasteiger partial charge in [0.15, 0.2) is 1.41 Å². The van der Waals surface area contributed by atoms with Crippen LogP contribution in [0.3, 0.4) is 0 Å². The molecule has 0 saturated carbocycles. The van der Waals surface area contributed by atoms with Gasteiger partial charge in [0.05, 0.1) is 0 Å². The minimum atomic E-state index is -3.98. The Balaban J connectivity index is 1.51. The summed E-state index contributed by atoms with van der Waals surface area (Å²) in [4.78, 5) is 50.2. The first-order valence-electron chi connectivity index (χ1n) is 11.4. The summed E-state index contributed by atoms with van der Waals surface area (Å²) in [6.45, 7) is -0.752. The summed E-state index contributed by atoms with van der Waals surface area (Å²) in [6.07, 6.45) is -4.58. The predicted octanol–water partition coefficient (Wildman–Crippen LogP) is 2.51. The Morgan fingerprint density at radius 3 is 2.69 bits per heavy atom. The van der Waals surface area contributed by atoms with Crippen LogP contribution in [0, 0.1) is 0 Å². The predicted molar refractivity (Wildman–Crippen MR) is 110 cm³/mol. The van der Waals surface area contributed by atoms with Crippen molar-refractivity contribution in [3.63, 3.8) is 0 Å². The summed E-state index contributed by atoms with van der Waals surface area (Å²) in [5, 5.41) is 2.14. The lowest BCUT2D eigenvalue weighted by Crippen LogP contribution is -2.52. The van der Waals surface area contributed by atoms with Crippen LogP contribution in [0.25, 0.3) is 0 Å². The number of carbonyl (C=O) groups is 4. The van der Waals surface area contributed by atoms with Crippen molar-refractivity contribution in [3.05, 3.63) is 69.7 Å². The fourth-order valence-electron chi connectivity index (χ4n) is 3.45. The standard InChI is InChI=1S/C22H18ClF2N3O4/c23-15-4-2-14(3-5-15)22(24,25)21(32)26-10-12-1-6-16-13(9-12)11-28(20(16)31)17-7-8-18(29)27-19(17)30/h1-6,9,17H,7-8,10-11H2,(H,26,32)(H,27,29,30)/i7D,8D2/hD. The molecule has 2 aliphatic heterocycles. The van der Waals surface area contributed by atoms with Gasteiger partial charge in [-0.3, -0.25) is 24.5 Å². The molecule has 166 valence electrons. The first kappa shape index (κ1) is 17.3. The van der Waals surface area contributed by atoms with Gasteiger partial charge in [-0.2, -0.15) is 8.78 Å². The Bertz CT molecular complexity index is 1280. The topological polar surface area (TPSA) is 95.6 Å². The third kappa shape index (κ3) is 4.08. The molecule has 0 radical (unpaired) electrons. The average Bonchev–Trinajstić information content (AvgIpc) is 3.13. The van der Waals surface area contributed by atoms with Crippen molar-refractivity contribution < 1.29 is 33.5 Å². The lowest BCUT2D eigenvalue weighted by atomic mass is 10.0. The molecule has 0 bridgehead atoms. The number of amides is 4. The first-order valence-corrected chi connectivity index (χ1v) is 9.78. The summed E-state index contributed by atoms with van der Waals surface area (Å²) < 4.78 is 60.7. The van der Waals surface area contributed by atoms with Gasteiger partial charge < -0.3 is 10.2 Å². The van der Waals surface area contributed by atoms with Crippen LogP contribution in [0.4, 0.5) is 8.78 Å². The van der Waals surface area contributed by atoms with Crippen LogP contribution in [0.1, 0.15) is 43.9 Å². The molecule has 0 aliphatic carbocycles. The molecule has 32 heavy (non-hydrogen) atoms. The summed E-state index contributed by atoms with van der Waals surface area (Å²) in [7, 11) is 0. The highest BCUT2D eigenvalue weighted by Gasteiger charge is 2.41. The number of nitrogens with zero attached hydrogens (tertiary/aromatic N) is 1. The van der Waals surface area contributed by atoms with E-state index in [2.05, 4.69) is 0 Å². The van der Waals surface area contributed by atoms with Crippen molar-refractivity contribution in [2.75, 3.05) is 0 Å². The number of benzene rings is 2. The van der Waals surface area contributed by atoms with Crippen molar-refractivity contribution in [3.8, 4) is 0 Å². The van der Waals surface area contributed by atoms with E-state index >= 15 is 0 Å². The van der Waals surface area contributed by atoms with Gasteiger partial charge in [-0.15, -0.1) is 0 Å². The fraction of sp³-hybridized carbons (Fsp3) is 0.273. The van der Waals surface area contributed by atoms with Gasteiger partial charge in [0.25, 0.3) is 11.8 Å². The van der Waals surface area contributed by atoms with E-state index in [1.807, 2.05) is 5.32 Å². The molecule has 2 aliphatic rings. The summed E-state index contributed by atoms with van der Waals surface area (Å²) in [6, 6.07) is 6.90. The van der Waals surface area contributed by atoms with Gasteiger partial charge >= 0.3 is 5.92 Å². The largest absolute Gasteiger partial charge is 0.349 e. The maximum atomic E-state index is 14.6. The highest BCUT2D eigenvalue weighted by molar-refractivity contribution is 6.30. The van der Waals surface area contributed by atoms with Crippen LogP contribution in [0.2, 0.25) is 6.43 Å². The smallest absolute Gasteiger partial charge is 0.346 e. The van der Waals surface area contributed by atoms with E-state index in [1.54, 1.807) is 0 Å². The zero-order chi connectivity index (χ0) is 26.6. The third-order valence-corrected chi connectivity index (χ3v) is 5.35. The monoisotopic (exact) mass is 465 g/mol. The highest BCUT2D eigenvalue weighted by Crippen LogP contribution is 2.30. The zero-order valence-electron chi connectivity index (χ0n) is 20.3. The molecule has 2 aromatic carbocycles.